The number of hydrogen-bond donors (Lipinski definition) is 1. The number of aromatic nitrogens is 4. The lowest BCUT2D eigenvalue weighted by Crippen LogP contribution is -2.32. The molecule has 0 saturated carbocycles. The highest BCUT2D eigenvalue weighted by atomic mass is 16.2. The highest BCUT2D eigenvalue weighted by Gasteiger charge is 2.11. The van der Waals surface area contributed by atoms with Crippen molar-refractivity contribution in [1.29, 1.82) is 0 Å². The Morgan fingerprint density at radius 3 is 2.85 bits per heavy atom. The lowest BCUT2D eigenvalue weighted by molar-refractivity contribution is -0.121. The van der Waals surface area contributed by atoms with Gasteiger partial charge in [-0.3, -0.25) is 18.8 Å². The summed E-state index contributed by atoms with van der Waals surface area (Å²) in [7, 11) is 3.79. The average Bonchev–Trinajstić information content (AvgIpc) is 3.04. The van der Waals surface area contributed by atoms with Gasteiger partial charge in [0.05, 0.1) is 6.20 Å². The molecule has 0 bridgehead atoms. The molecular weight excluding hydrogens is 344 g/mol. The Kier molecular flexibility index (Phi) is 5.66. The summed E-state index contributed by atoms with van der Waals surface area (Å²) in [6.07, 6.45) is 2.85. The van der Waals surface area contributed by atoms with Crippen LogP contribution in [0.2, 0.25) is 0 Å². The van der Waals surface area contributed by atoms with Crippen LogP contribution in [0.5, 0.6) is 0 Å². The van der Waals surface area contributed by atoms with Crippen LogP contribution in [0.3, 0.4) is 0 Å². The predicted octanol–water partition coefficient (Wildman–Crippen LogP) is 0.898. The van der Waals surface area contributed by atoms with Crippen molar-refractivity contribution >= 4 is 16.9 Å². The van der Waals surface area contributed by atoms with E-state index in [0.717, 1.165) is 18.7 Å². The summed E-state index contributed by atoms with van der Waals surface area (Å²) in [6, 6.07) is 8.13. The first-order valence-corrected chi connectivity index (χ1v) is 8.88. The van der Waals surface area contributed by atoms with E-state index in [1.165, 1.54) is 27.3 Å². The highest BCUT2D eigenvalue weighted by molar-refractivity contribution is 5.77. The zero-order valence-electron chi connectivity index (χ0n) is 15.8. The van der Waals surface area contributed by atoms with Gasteiger partial charge in [0.2, 0.25) is 5.91 Å². The second-order valence-electron chi connectivity index (χ2n) is 6.61. The molecule has 27 heavy (non-hydrogen) atoms. The van der Waals surface area contributed by atoms with Crippen LogP contribution in [0.15, 0.2) is 41.6 Å². The molecular formula is C19H24N6O2. The molecule has 8 heteroatoms. The summed E-state index contributed by atoms with van der Waals surface area (Å²) in [5.41, 5.74) is 2.46. The first-order chi connectivity index (χ1) is 13.0. The summed E-state index contributed by atoms with van der Waals surface area (Å²) < 4.78 is 2.83. The Labute approximate surface area is 157 Å². The molecule has 0 aliphatic carbocycles. The number of benzene rings is 1. The second kappa shape index (κ2) is 8.13. The summed E-state index contributed by atoms with van der Waals surface area (Å²) in [5, 5.41) is 7.29. The van der Waals surface area contributed by atoms with Gasteiger partial charge in [-0.05, 0) is 24.7 Å². The fourth-order valence-electron chi connectivity index (χ4n) is 2.85. The molecule has 1 amide bonds. The molecule has 2 heterocycles. The SMILES string of the molecule is CCN(C)Cc1cccc(CNC(=O)Cn2cnc3c(cnn3C)c2=O)c1. The highest BCUT2D eigenvalue weighted by Crippen LogP contribution is 2.08. The first kappa shape index (κ1) is 18.8. The molecule has 0 unspecified atom stereocenters. The molecule has 1 N–H and O–H groups in total. The van der Waals surface area contributed by atoms with Gasteiger partial charge in [0, 0.05) is 20.1 Å². The van der Waals surface area contributed by atoms with Gasteiger partial charge in [-0.25, -0.2) is 4.98 Å². The van der Waals surface area contributed by atoms with E-state index in [0.29, 0.717) is 17.6 Å². The number of nitrogens with one attached hydrogen (secondary N) is 1. The minimum absolute atomic E-state index is 0.0745. The number of carbonyl (C=O) groups is 1. The Hall–Kier alpha value is -3.00. The number of amides is 1. The molecule has 0 radical (unpaired) electrons. The third-order valence-corrected chi connectivity index (χ3v) is 4.51. The van der Waals surface area contributed by atoms with Gasteiger partial charge < -0.3 is 10.2 Å². The van der Waals surface area contributed by atoms with Gasteiger partial charge in [-0.1, -0.05) is 31.2 Å². The maximum absolute atomic E-state index is 12.4. The van der Waals surface area contributed by atoms with E-state index >= 15 is 0 Å². The van der Waals surface area contributed by atoms with Crippen LogP contribution in [-0.4, -0.2) is 43.7 Å². The third kappa shape index (κ3) is 4.40. The Morgan fingerprint density at radius 2 is 2.07 bits per heavy atom. The lowest BCUT2D eigenvalue weighted by Gasteiger charge is -2.14. The first-order valence-electron chi connectivity index (χ1n) is 8.88. The molecule has 0 aliphatic rings. The normalized spacial score (nSPS) is 11.3. The van der Waals surface area contributed by atoms with Crippen LogP contribution in [0.1, 0.15) is 18.1 Å². The zero-order chi connectivity index (χ0) is 19.4. The van der Waals surface area contributed by atoms with Crippen molar-refractivity contribution in [1.82, 2.24) is 29.5 Å². The molecule has 0 atom stereocenters. The third-order valence-electron chi connectivity index (χ3n) is 4.51. The van der Waals surface area contributed by atoms with Crippen molar-refractivity contribution in [2.75, 3.05) is 13.6 Å². The van der Waals surface area contributed by atoms with Crippen LogP contribution in [-0.2, 0) is 31.5 Å². The van der Waals surface area contributed by atoms with Gasteiger partial charge in [0.25, 0.3) is 5.56 Å². The van der Waals surface area contributed by atoms with Crippen molar-refractivity contribution < 1.29 is 4.79 Å². The number of hydrogen-bond acceptors (Lipinski definition) is 5. The van der Waals surface area contributed by atoms with Crippen molar-refractivity contribution in [2.45, 2.75) is 26.6 Å². The van der Waals surface area contributed by atoms with Gasteiger partial charge in [0.15, 0.2) is 5.65 Å². The van der Waals surface area contributed by atoms with E-state index in [-0.39, 0.29) is 18.0 Å². The lowest BCUT2D eigenvalue weighted by atomic mass is 10.1. The topological polar surface area (TPSA) is 85.1 Å². The van der Waals surface area contributed by atoms with E-state index in [1.54, 1.807) is 7.05 Å². The van der Waals surface area contributed by atoms with E-state index in [2.05, 4.69) is 46.4 Å². The molecule has 8 nitrogen and oxygen atoms in total. The quantitative estimate of drug-likeness (QED) is 0.670. The monoisotopic (exact) mass is 368 g/mol. The molecule has 3 aromatic rings. The molecule has 142 valence electrons. The average molecular weight is 368 g/mol. The second-order valence-corrected chi connectivity index (χ2v) is 6.61. The van der Waals surface area contributed by atoms with Crippen LogP contribution >= 0.6 is 0 Å². The van der Waals surface area contributed by atoms with Crippen molar-refractivity contribution in [2.24, 2.45) is 7.05 Å². The van der Waals surface area contributed by atoms with Crippen molar-refractivity contribution in [3.63, 3.8) is 0 Å². The molecule has 0 fully saturated rings. The number of fused-ring (bicyclic) bond motifs is 1. The van der Waals surface area contributed by atoms with E-state index in [4.69, 9.17) is 0 Å². The minimum Gasteiger partial charge on any atom is -0.350 e. The van der Waals surface area contributed by atoms with E-state index in [9.17, 15) is 9.59 Å². The van der Waals surface area contributed by atoms with Gasteiger partial charge >= 0.3 is 0 Å². The van der Waals surface area contributed by atoms with Crippen LogP contribution in [0.4, 0.5) is 0 Å². The van der Waals surface area contributed by atoms with E-state index < -0.39 is 0 Å². The molecule has 0 saturated heterocycles. The van der Waals surface area contributed by atoms with Crippen LogP contribution < -0.4 is 10.9 Å². The van der Waals surface area contributed by atoms with Gasteiger partial charge in [0.1, 0.15) is 18.3 Å². The molecule has 0 aliphatic heterocycles. The van der Waals surface area contributed by atoms with Gasteiger partial charge in [-0.2, -0.15) is 5.10 Å². The maximum atomic E-state index is 12.4. The largest absolute Gasteiger partial charge is 0.350 e. The molecule has 3 rings (SSSR count). The smallest absolute Gasteiger partial charge is 0.264 e. The fraction of sp³-hybridized carbons (Fsp3) is 0.368. The molecule has 1 aromatic carbocycles. The standard InChI is InChI=1S/C19H24N6O2/c1-4-23(2)11-15-7-5-6-14(8-15)9-20-17(26)12-25-13-21-18-16(19(25)27)10-22-24(18)3/h5-8,10,13H,4,9,11-12H2,1-3H3,(H,20,26). The van der Waals surface area contributed by atoms with E-state index in [1.807, 2.05) is 12.1 Å². The van der Waals surface area contributed by atoms with Crippen molar-refractivity contribution in [3.05, 3.63) is 58.3 Å². The summed E-state index contributed by atoms with van der Waals surface area (Å²) >= 11 is 0. The molecule has 2 aromatic heterocycles. The zero-order valence-corrected chi connectivity index (χ0v) is 15.8. The Morgan fingerprint density at radius 1 is 1.30 bits per heavy atom. The Bertz CT molecular complexity index is 1010. The summed E-state index contributed by atoms with van der Waals surface area (Å²) in [4.78, 5) is 31.1. The number of nitrogens with zero attached hydrogens (tertiary/aromatic N) is 5. The van der Waals surface area contributed by atoms with Crippen LogP contribution in [0.25, 0.3) is 11.0 Å². The number of aryl methyl sites for hydroxylation is 1. The minimum atomic E-state index is -0.271. The number of carbonyl (C=O) groups excluding carboxylic acids is 1. The van der Waals surface area contributed by atoms with Gasteiger partial charge in [-0.15, -0.1) is 0 Å². The maximum Gasteiger partial charge on any atom is 0.264 e. The predicted molar refractivity (Wildman–Crippen MR) is 103 cm³/mol. The Balaban J connectivity index is 1.63. The fourth-order valence-corrected chi connectivity index (χ4v) is 2.85. The van der Waals surface area contributed by atoms with Crippen molar-refractivity contribution in [3.8, 4) is 0 Å². The number of rotatable bonds is 7. The summed E-state index contributed by atoms with van der Waals surface area (Å²) in [6.45, 7) is 4.30. The molecule has 0 spiro atoms. The summed E-state index contributed by atoms with van der Waals surface area (Å²) in [5.74, 6) is -0.238. The van der Waals surface area contributed by atoms with Crippen LogP contribution in [0, 0.1) is 0 Å².